The van der Waals surface area contributed by atoms with Gasteiger partial charge in [0.15, 0.2) is 0 Å². The van der Waals surface area contributed by atoms with Crippen molar-refractivity contribution in [2.45, 2.75) is 19.8 Å². The Balaban J connectivity index is 1.91. The van der Waals surface area contributed by atoms with E-state index in [1.54, 1.807) is 9.80 Å². The number of nitrogens with zero attached hydrogens (tertiary/aromatic N) is 2. The standard InChI is InChI=1S/C17H23FN2O3/c1-2-19(11-12-21)16(22)14-7-9-20(10-8-14)17(23)13-3-5-15(18)6-4-13/h3-6,14,21H,2,7-12H2,1H3. The van der Waals surface area contributed by atoms with E-state index in [-0.39, 0.29) is 30.2 Å². The lowest BCUT2D eigenvalue weighted by Crippen LogP contribution is -2.45. The molecule has 0 bridgehead atoms. The van der Waals surface area contributed by atoms with Gasteiger partial charge in [-0.2, -0.15) is 0 Å². The quantitative estimate of drug-likeness (QED) is 0.894. The van der Waals surface area contributed by atoms with Crippen molar-refractivity contribution in [1.29, 1.82) is 0 Å². The van der Waals surface area contributed by atoms with Gasteiger partial charge in [0.25, 0.3) is 5.91 Å². The Labute approximate surface area is 135 Å². The predicted octanol–water partition coefficient (Wildman–Crippen LogP) is 1.52. The average molecular weight is 322 g/mol. The number of carbonyl (C=O) groups is 2. The smallest absolute Gasteiger partial charge is 0.253 e. The number of aliphatic hydroxyl groups excluding tert-OH is 1. The van der Waals surface area contributed by atoms with Crippen molar-refractivity contribution in [1.82, 2.24) is 9.80 Å². The minimum Gasteiger partial charge on any atom is -0.395 e. The molecule has 1 saturated heterocycles. The maximum Gasteiger partial charge on any atom is 0.253 e. The average Bonchev–Trinajstić information content (AvgIpc) is 2.59. The molecule has 0 saturated carbocycles. The summed E-state index contributed by atoms with van der Waals surface area (Å²) in [4.78, 5) is 28.1. The zero-order valence-electron chi connectivity index (χ0n) is 13.4. The van der Waals surface area contributed by atoms with Crippen molar-refractivity contribution in [3.05, 3.63) is 35.6 Å². The second-order valence-electron chi connectivity index (χ2n) is 5.71. The summed E-state index contributed by atoms with van der Waals surface area (Å²) in [6.07, 6.45) is 1.24. The first-order chi connectivity index (χ1) is 11.1. The fraction of sp³-hybridized carbons (Fsp3) is 0.529. The summed E-state index contributed by atoms with van der Waals surface area (Å²) in [6.45, 7) is 3.81. The number of likely N-dealkylation sites (tertiary alicyclic amines) is 1. The molecule has 5 nitrogen and oxygen atoms in total. The molecule has 0 spiro atoms. The number of amides is 2. The summed E-state index contributed by atoms with van der Waals surface area (Å²) in [5.74, 6) is -0.540. The number of benzene rings is 1. The molecule has 1 N–H and O–H groups in total. The van der Waals surface area contributed by atoms with Crippen molar-refractivity contribution >= 4 is 11.8 Å². The Morgan fingerprint density at radius 3 is 2.39 bits per heavy atom. The Kier molecular flexibility index (Phi) is 6.10. The predicted molar refractivity (Wildman–Crippen MR) is 84.4 cm³/mol. The lowest BCUT2D eigenvalue weighted by atomic mass is 9.94. The van der Waals surface area contributed by atoms with Gasteiger partial charge in [-0.15, -0.1) is 0 Å². The van der Waals surface area contributed by atoms with E-state index in [0.29, 0.717) is 44.6 Å². The molecule has 0 atom stereocenters. The summed E-state index contributed by atoms with van der Waals surface area (Å²) in [7, 11) is 0. The van der Waals surface area contributed by atoms with Crippen molar-refractivity contribution < 1.29 is 19.1 Å². The normalized spacial score (nSPS) is 15.5. The monoisotopic (exact) mass is 322 g/mol. The van der Waals surface area contributed by atoms with E-state index in [0.717, 1.165) is 0 Å². The van der Waals surface area contributed by atoms with Crippen molar-refractivity contribution in [3.8, 4) is 0 Å². The van der Waals surface area contributed by atoms with Crippen LogP contribution in [0, 0.1) is 11.7 Å². The molecule has 2 rings (SSSR count). The summed E-state index contributed by atoms with van der Waals surface area (Å²) >= 11 is 0. The SMILES string of the molecule is CCN(CCO)C(=O)C1CCN(C(=O)c2ccc(F)cc2)CC1. The molecule has 126 valence electrons. The van der Waals surface area contributed by atoms with E-state index < -0.39 is 0 Å². The minimum absolute atomic E-state index is 0.0402. The van der Waals surface area contributed by atoms with Crippen molar-refractivity contribution in [2.24, 2.45) is 5.92 Å². The van der Waals surface area contributed by atoms with E-state index in [4.69, 9.17) is 5.11 Å². The van der Waals surface area contributed by atoms with Crippen LogP contribution in [0.3, 0.4) is 0 Å². The minimum atomic E-state index is -0.366. The van der Waals surface area contributed by atoms with Crippen LogP contribution in [0.4, 0.5) is 4.39 Å². The van der Waals surface area contributed by atoms with Gasteiger partial charge in [-0.05, 0) is 44.0 Å². The van der Waals surface area contributed by atoms with Gasteiger partial charge in [0.2, 0.25) is 5.91 Å². The lowest BCUT2D eigenvalue weighted by Gasteiger charge is -2.34. The number of hydrogen-bond donors (Lipinski definition) is 1. The van der Waals surface area contributed by atoms with Gasteiger partial charge in [0.1, 0.15) is 5.82 Å². The number of piperidine rings is 1. The zero-order chi connectivity index (χ0) is 16.8. The van der Waals surface area contributed by atoms with E-state index in [2.05, 4.69) is 0 Å². The highest BCUT2D eigenvalue weighted by Gasteiger charge is 2.29. The largest absolute Gasteiger partial charge is 0.395 e. The molecular formula is C17H23FN2O3. The van der Waals surface area contributed by atoms with Crippen LogP contribution >= 0.6 is 0 Å². The summed E-state index contributed by atoms with van der Waals surface area (Å²) in [5, 5.41) is 9.00. The molecule has 0 radical (unpaired) electrons. The third-order valence-corrected chi connectivity index (χ3v) is 4.29. The first kappa shape index (κ1) is 17.4. The third-order valence-electron chi connectivity index (χ3n) is 4.29. The fourth-order valence-corrected chi connectivity index (χ4v) is 2.91. The molecule has 1 aromatic carbocycles. The van der Waals surface area contributed by atoms with Crippen LogP contribution in [0.1, 0.15) is 30.1 Å². The van der Waals surface area contributed by atoms with Crippen LogP contribution < -0.4 is 0 Å². The highest BCUT2D eigenvalue weighted by Crippen LogP contribution is 2.21. The Bertz CT molecular complexity index is 539. The first-order valence-electron chi connectivity index (χ1n) is 8.01. The Morgan fingerprint density at radius 1 is 1.26 bits per heavy atom. The summed E-state index contributed by atoms with van der Waals surface area (Å²) in [5.41, 5.74) is 0.464. The lowest BCUT2D eigenvalue weighted by molar-refractivity contribution is -0.137. The van der Waals surface area contributed by atoms with Gasteiger partial charge in [0, 0.05) is 37.7 Å². The van der Waals surface area contributed by atoms with Crippen LogP contribution in [0.25, 0.3) is 0 Å². The van der Waals surface area contributed by atoms with Gasteiger partial charge in [-0.25, -0.2) is 4.39 Å². The summed E-state index contributed by atoms with van der Waals surface area (Å²) in [6, 6.07) is 5.51. The number of aliphatic hydroxyl groups is 1. The second-order valence-corrected chi connectivity index (χ2v) is 5.71. The number of carbonyl (C=O) groups excluding carboxylic acids is 2. The maximum absolute atomic E-state index is 12.9. The summed E-state index contributed by atoms with van der Waals surface area (Å²) < 4.78 is 12.9. The Morgan fingerprint density at radius 2 is 1.87 bits per heavy atom. The van der Waals surface area contributed by atoms with E-state index in [1.807, 2.05) is 6.92 Å². The topological polar surface area (TPSA) is 60.9 Å². The van der Waals surface area contributed by atoms with Gasteiger partial charge >= 0.3 is 0 Å². The molecule has 1 aliphatic rings. The van der Waals surface area contributed by atoms with Crippen LogP contribution in [0.5, 0.6) is 0 Å². The van der Waals surface area contributed by atoms with Gasteiger partial charge in [-0.1, -0.05) is 0 Å². The second kappa shape index (κ2) is 8.06. The van der Waals surface area contributed by atoms with Crippen molar-refractivity contribution in [3.63, 3.8) is 0 Å². The Hall–Kier alpha value is -1.95. The van der Waals surface area contributed by atoms with E-state index >= 15 is 0 Å². The van der Waals surface area contributed by atoms with Crippen LogP contribution in [-0.2, 0) is 4.79 Å². The molecule has 1 fully saturated rings. The van der Waals surface area contributed by atoms with Crippen LogP contribution in [0.2, 0.25) is 0 Å². The molecule has 23 heavy (non-hydrogen) atoms. The molecule has 1 heterocycles. The zero-order valence-corrected chi connectivity index (χ0v) is 13.4. The number of rotatable bonds is 5. The van der Waals surface area contributed by atoms with Gasteiger partial charge in [-0.3, -0.25) is 9.59 Å². The first-order valence-corrected chi connectivity index (χ1v) is 8.01. The fourth-order valence-electron chi connectivity index (χ4n) is 2.91. The number of hydrogen-bond acceptors (Lipinski definition) is 3. The molecule has 0 aliphatic carbocycles. The number of likely N-dealkylation sites (N-methyl/N-ethyl adjacent to an activating group) is 1. The molecular weight excluding hydrogens is 299 g/mol. The van der Waals surface area contributed by atoms with E-state index in [1.165, 1.54) is 24.3 Å². The molecule has 6 heteroatoms. The molecule has 1 aliphatic heterocycles. The number of halogens is 1. The molecule has 2 amide bonds. The molecule has 0 unspecified atom stereocenters. The highest BCUT2D eigenvalue weighted by molar-refractivity contribution is 5.94. The molecule has 0 aromatic heterocycles. The maximum atomic E-state index is 12.9. The van der Waals surface area contributed by atoms with Gasteiger partial charge in [0.05, 0.1) is 6.61 Å². The van der Waals surface area contributed by atoms with Gasteiger partial charge < -0.3 is 14.9 Å². The van der Waals surface area contributed by atoms with Crippen LogP contribution in [0.15, 0.2) is 24.3 Å². The van der Waals surface area contributed by atoms with Crippen molar-refractivity contribution in [2.75, 3.05) is 32.8 Å². The molecule has 1 aromatic rings. The highest BCUT2D eigenvalue weighted by atomic mass is 19.1. The van der Waals surface area contributed by atoms with Crippen LogP contribution in [-0.4, -0.2) is 59.5 Å². The third kappa shape index (κ3) is 4.28. The van der Waals surface area contributed by atoms with E-state index in [9.17, 15) is 14.0 Å².